The third-order valence-corrected chi connectivity index (χ3v) is 16.3. The number of esters is 2. The van der Waals surface area contributed by atoms with E-state index in [-0.39, 0.29) is 32.2 Å². The molecule has 0 aliphatic rings. The van der Waals surface area contributed by atoms with Crippen LogP contribution in [0.5, 0.6) is 0 Å². The minimum Gasteiger partial charge on any atom is -0.545 e. The second-order valence-corrected chi connectivity index (χ2v) is 25.5. The minimum absolute atomic E-state index is 0.153. The molecule has 0 saturated heterocycles. The third-order valence-electron chi connectivity index (χ3n) is 16.3. The molecule has 80 heavy (non-hydrogen) atoms. The lowest BCUT2D eigenvalue weighted by Gasteiger charge is -2.26. The van der Waals surface area contributed by atoms with Gasteiger partial charge in [-0.1, -0.05) is 328 Å². The van der Waals surface area contributed by atoms with Crippen LogP contribution in [-0.4, -0.2) is 82.3 Å². The van der Waals surface area contributed by atoms with Crippen molar-refractivity contribution in [2.24, 2.45) is 0 Å². The molecule has 0 aliphatic heterocycles. The van der Waals surface area contributed by atoms with Gasteiger partial charge >= 0.3 is 11.9 Å². The van der Waals surface area contributed by atoms with Crippen molar-refractivity contribution in [1.82, 2.24) is 0 Å². The molecule has 0 saturated carbocycles. The highest BCUT2D eigenvalue weighted by Gasteiger charge is 2.22. The summed E-state index contributed by atoms with van der Waals surface area (Å²) in [6.45, 7) is 4.83. The number of carboxylic acid groups (broad SMARTS) is 1. The van der Waals surface area contributed by atoms with Crippen LogP contribution in [0.15, 0.2) is 12.2 Å². The number of ether oxygens (including phenoxy) is 4. The van der Waals surface area contributed by atoms with E-state index in [1.807, 2.05) is 21.1 Å². The summed E-state index contributed by atoms with van der Waals surface area (Å²) in [5, 5.41) is 11.8. The van der Waals surface area contributed by atoms with E-state index >= 15 is 0 Å². The Morgan fingerprint density at radius 2 is 0.637 bits per heavy atom. The highest BCUT2D eigenvalue weighted by Crippen LogP contribution is 2.19. The van der Waals surface area contributed by atoms with Crippen molar-refractivity contribution in [2.45, 2.75) is 379 Å². The topological polar surface area (TPSA) is 111 Å². The van der Waals surface area contributed by atoms with Gasteiger partial charge in [0.25, 0.3) is 0 Å². The maximum absolute atomic E-state index is 12.9. The predicted octanol–water partition coefficient (Wildman–Crippen LogP) is 20.3. The number of rotatable bonds is 67. The number of hydrogen-bond donors (Lipinski definition) is 0. The van der Waals surface area contributed by atoms with Crippen LogP contribution in [0.4, 0.5) is 0 Å². The minimum atomic E-state index is -1.62. The van der Waals surface area contributed by atoms with Crippen LogP contribution < -0.4 is 5.11 Å². The zero-order chi connectivity index (χ0) is 58.3. The highest BCUT2D eigenvalue weighted by atomic mass is 16.7. The smallest absolute Gasteiger partial charge is 0.306 e. The summed E-state index contributed by atoms with van der Waals surface area (Å²) in [7, 11) is 5.95. The van der Waals surface area contributed by atoms with Crippen molar-refractivity contribution in [1.29, 1.82) is 0 Å². The van der Waals surface area contributed by atoms with Crippen LogP contribution in [0.25, 0.3) is 0 Å². The molecule has 474 valence electrons. The van der Waals surface area contributed by atoms with E-state index in [2.05, 4.69) is 26.0 Å². The maximum atomic E-state index is 12.9. The van der Waals surface area contributed by atoms with Crippen LogP contribution in [-0.2, 0) is 33.3 Å². The summed E-state index contributed by atoms with van der Waals surface area (Å²) in [5.41, 5.74) is 0. The fraction of sp³-hybridized carbons (Fsp3) is 0.930. The summed E-state index contributed by atoms with van der Waals surface area (Å²) in [6.07, 6.45) is 73.1. The molecular formula is C71H137NO8. The van der Waals surface area contributed by atoms with Gasteiger partial charge in [0.05, 0.1) is 40.3 Å². The van der Waals surface area contributed by atoms with Crippen molar-refractivity contribution in [3.05, 3.63) is 12.2 Å². The average molecular weight is 1130 g/mol. The molecule has 0 aromatic heterocycles. The lowest BCUT2D eigenvalue weighted by molar-refractivity contribution is -0.870. The van der Waals surface area contributed by atoms with Gasteiger partial charge in [-0.3, -0.25) is 9.59 Å². The number of carboxylic acids is 1. The van der Waals surface area contributed by atoms with Gasteiger partial charge in [0, 0.05) is 12.8 Å². The van der Waals surface area contributed by atoms with Crippen molar-refractivity contribution in [3.63, 3.8) is 0 Å². The summed E-state index contributed by atoms with van der Waals surface area (Å²) >= 11 is 0. The Morgan fingerprint density at radius 3 is 0.925 bits per heavy atom. The first-order valence-electron chi connectivity index (χ1n) is 35.3. The molecule has 0 fully saturated rings. The van der Waals surface area contributed by atoms with Crippen molar-refractivity contribution in [2.75, 3.05) is 47.5 Å². The average Bonchev–Trinajstić information content (AvgIpc) is 3.43. The number of carbonyl (C=O) groups excluding carboxylic acids is 3. The van der Waals surface area contributed by atoms with Gasteiger partial charge in [-0.05, 0) is 38.5 Å². The van der Waals surface area contributed by atoms with E-state index in [4.69, 9.17) is 18.9 Å². The number of aliphatic carboxylic acids is 1. The summed E-state index contributed by atoms with van der Waals surface area (Å²) in [6, 6.07) is 0. The van der Waals surface area contributed by atoms with E-state index in [1.54, 1.807) is 0 Å². The lowest BCUT2D eigenvalue weighted by atomic mass is 10.0. The normalized spacial score (nSPS) is 12.7. The van der Waals surface area contributed by atoms with Gasteiger partial charge in [0.1, 0.15) is 13.2 Å². The van der Waals surface area contributed by atoms with Crippen LogP contribution in [0.1, 0.15) is 367 Å². The molecule has 0 aromatic carbocycles. The number of allylic oxidation sites excluding steroid dienone is 2. The van der Waals surface area contributed by atoms with Gasteiger partial charge in [-0.25, -0.2) is 0 Å². The molecule has 0 radical (unpaired) electrons. The fourth-order valence-electron chi connectivity index (χ4n) is 10.8. The molecule has 2 unspecified atom stereocenters. The molecule has 0 heterocycles. The van der Waals surface area contributed by atoms with Crippen LogP contribution in [0.2, 0.25) is 0 Å². The lowest BCUT2D eigenvalue weighted by Crippen LogP contribution is -2.44. The molecule has 0 spiro atoms. The Hall–Kier alpha value is -1.97. The molecule has 9 heteroatoms. The molecule has 0 N–H and O–H groups in total. The number of likely N-dealkylation sites (N-methyl/N-ethyl adjacent to an activating group) is 1. The van der Waals surface area contributed by atoms with E-state index in [0.29, 0.717) is 17.4 Å². The molecule has 0 amide bonds. The Kier molecular flexibility index (Phi) is 61.5. The Labute approximate surface area is 497 Å². The van der Waals surface area contributed by atoms with E-state index in [1.165, 1.54) is 302 Å². The van der Waals surface area contributed by atoms with Crippen molar-refractivity contribution < 1.29 is 42.9 Å². The van der Waals surface area contributed by atoms with Gasteiger partial charge in [-0.2, -0.15) is 0 Å². The Balaban J connectivity index is 3.99. The Morgan fingerprint density at radius 1 is 0.362 bits per heavy atom. The SMILES string of the molecule is CCCCCCCCCC/C=C\CCCCCCCCCCCCCCCCCCCCCCCCCC(=O)OC(COC(=O)CCCCCCCCCCCCCCCCCCCCCC)COC(OCC[N+](C)(C)C)C(=O)[O-]. The molecule has 0 aliphatic carbocycles. The molecule has 2 atom stereocenters. The van der Waals surface area contributed by atoms with Gasteiger partial charge in [-0.15, -0.1) is 0 Å². The van der Waals surface area contributed by atoms with Crippen LogP contribution >= 0.6 is 0 Å². The first kappa shape index (κ1) is 78.0. The van der Waals surface area contributed by atoms with E-state index in [9.17, 15) is 19.5 Å². The van der Waals surface area contributed by atoms with Crippen molar-refractivity contribution in [3.8, 4) is 0 Å². The predicted molar refractivity (Wildman–Crippen MR) is 339 cm³/mol. The molecule has 0 bridgehead atoms. The zero-order valence-corrected chi connectivity index (χ0v) is 54.2. The number of carbonyl (C=O) groups is 3. The fourth-order valence-corrected chi connectivity index (χ4v) is 10.8. The number of hydrogen-bond acceptors (Lipinski definition) is 8. The number of unbranched alkanes of at least 4 members (excludes halogenated alkanes) is 50. The monoisotopic (exact) mass is 1130 g/mol. The number of quaternary nitrogens is 1. The second kappa shape index (κ2) is 63.1. The van der Waals surface area contributed by atoms with E-state index < -0.39 is 24.3 Å². The quantitative estimate of drug-likeness (QED) is 0.0195. The number of nitrogens with zero attached hydrogens (tertiary/aromatic N) is 1. The standard InChI is InChI=1S/C71H137NO8/c1-6-8-10-12-14-16-18-20-22-24-26-28-29-30-31-32-33-34-35-36-37-38-39-40-41-42-44-46-48-50-52-54-56-58-60-62-69(74)80-67(66-79-71(70(75)76)77-64-63-72(3,4)5)65-78-68(73)61-59-57-55-53-51-49-47-45-43-27-25-23-21-19-17-15-13-11-9-7-2/h24,26,67,71H,6-23,25,27-66H2,1-5H3/b26-24-. The van der Waals surface area contributed by atoms with E-state index in [0.717, 1.165) is 38.5 Å². The van der Waals surface area contributed by atoms with Gasteiger partial charge in [0.15, 0.2) is 12.4 Å². The molecule has 9 nitrogen and oxygen atoms in total. The first-order valence-corrected chi connectivity index (χ1v) is 35.3. The summed E-state index contributed by atoms with van der Waals surface area (Å²) < 4.78 is 22.8. The Bertz CT molecular complexity index is 1320. The maximum Gasteiger partial charge on any atom is 0.306 e. The third kappa shape index (κ3) is 63.6. The highest BCUT2D eigenvalue weighted by molar-refractivity contribution is 5.70. The van der Waals surface area contributed by atoms with Crippen molar-refractivity contribution >= 4 is 17.9 Å². The summed E-state index contributed by atoms with van der Waals surface area (Å²) in [5.74, 6) is -2.25. The van der Waals surface area contributed by atoms with Crippen LogP contribution in [0, 0.1) is 0 Å². The van der Waals surface area contributed by atoms with Gasteiger partial charge < -0.3 is 33.3 Å². The molecule has 0 aromatic rings. The molecular weight excluding hydrogens is 995 g/mol. The zero-order valence-electron chi connectivity index (χ0n) is 54.2. The molecule has 0 rings (SSSR count). The second-order valence-electron chi connectivity index (χ2n) is 25.5. The first-order chi connectivity index (χ1) is 39.1. The van der Waals surface area contributed by atoms with Crippen LogP contribution in [0.3, 0.4) is 0 Å². The largest absolute Gasteiger partial charge is 0.545 e. The summed E-state index contributed by atoms with van der Waals surface area (Å²) in [4.78, 5) is 37.4. The van der Waals surface area contributed by atoms with Gasteiger partial charge in [0.2, 0.25) is 0 Å².